The molecule has 0 spiro atoms. The smallest absolute Gasteiger partial charge is 0.228 e. The van der Waals surface area contributed by atoms with Crippen LogP contribution in [0.2, 0.25) is 10.0 Å². The number of ketones is 4. The molecular weight excluding hydrogens is 539 g/mol. The zero-order chi connectivity index (χ0) is 27.8. The topological polar surface area (TPSA) is 86.7 Å². The number of benzene rings is 3. The highest BCUT2D eigenvalue weighted by atomic mass is 35.5. The maximum atomic E-state index is 14.2. The lowest BCUT2D eigenvalue weighted by atomic mass is 9.72. The molecule has 3 aromatic carbocycles. The number of hydrogen-bond acceptors (Lipinski definition) is 6. The molecule has 8 heteroatoms. The zero-order valence-electron chi connectivity index (χ0n) is 21.0. The lowest BCUT2D eigenvalue weighted by Crippen LogP contribution is -2.33. The summed E-state index contributed by atoms with van der Waals surface area (Å²) in [6.45, 7) is 3.52. The first kappa shape index (κ1) is 26.6. The highest BCUT2D eigenvalue weighted by molar-refractivity contribution is 6.36. The van der Waals surface area contributed by atoms with Crippen LogP contribution in [0.3, 0.4) is 0 Å². The van der Waals surface area contributed by atoms with Crippen LogP contribution in [0.5, 0.6) is 0 Å². The number of halogens is 2. The molecular formula is C31H22Cl2O6. The van der Waals surface area contributed by atoms with Gasteiger partial charge in [-0.2, -0.15) is 0 Å². The Morgan fingerprint density at radius 3 is 1.41 bits per heavy atom. The van der Waals surface area contributed by atoms with Crippen LogP contribution in [0.1, 0.15) is 66.8 Å². The summed E-state index contributed by atoms with van der Waals surface area (Å²) in [6, 6.07) is 17.4. The van der Waals surface area contributed by atoms with Gasteiger partial charge in [-0.3, -0.25) is 19.2 Å². The molecule has 0 N–H and O–H groups in total. The summed E-state index contributed by atoms with van der Waals surface area (Å²) >= 11 is 12.9. The number of Topliss-reactive ketones (excluding diaryl/α,β-unsaturated/α-hetero) is 4. The molecule has 0 unspecified atom stereocenters. The van der Waals surface area contributed by atoms with E-state index in [1.54, 1.807) is 74.5 Å². The molecule has 0 aliphatic heterocycles. The lowest BCUT2D eigenvalue weighted by molar-refractivity contribution is 0.0859. The standard InChI is InChI=1S/C31H22Cl2O6/c1-3-38-30-24(26(34)17-9-5-7-11-19(17)28(30)36)23(21-14-13-16(32)15-22(21)33)25-27(35)18-10-6-8-12-20(18)29(37)31(25)39-4-2/h5-15,23H,3-4H2,1-2H3. The van der Waals surface area contributed by atoms with Crippen molar-refractivity contribution in [2.45, 2.75) is 19.8 Å². The molecule has 0 atom stereocenters. The van der Waals surface area contributed by atoms with Crippen LogP contribution in [0.25, 0.3) is 0 Å². The third-order valence-electron chi connectivity index (χ3n) is 6.65. The fraction of sp³-hybridized carbons (Fsp3) is 0.161. The van der Waals surface area contributed by atoms with E-state index < -0.39 is 29.1 Å². The third-order valence-corrected chi connectivity index (χ3v) is 7.21. The molecule has 5 rings (SSSR count). The zero-order valence-corrected chi connectivity index (χ0v) is 22.6. The average molecular weight is 561 g/mol. The number of carbonyl (C=O) groups excluding carboxylic acids is 4. The predicted molar refractivity (Wildman–Crippen MR) is 147 cm³/mol. The Morgan fingerprint density at radius 1 is 0.615 bits per heavy atom. The van der Waals surface area contributed by atoms with Gasteiger partial charge in [0.25, 0.3) is 0 Å². The Kier molecular flexibility index (Phi) is 7.25. The minimum absolute atomic E-state index is 0.0775. The summed E-state index contributed by atoms with van der Waals surface area (Å²) in [5, 5.41) is 0.464. The Balaban J connectivity index is 1.89. The van der Waals surface area contributed by atoms with Gasteiger partial charge in [-0.05, 0) is 31.5 Å². The summed E-state index contributed by atoms with van der Waals surface area (Å²) < 4.78 is 11.6. The largest absolute Gasteiger partial charge is 0.489 e. The minimum Gasteiger partial charge on any atom is -0.489 e. The number of fused-ring (bicyclic) bond motifs is 2. The highest BCUT2D eigenvalue weighted by Gasteiger charge is 2.45. The molecule has 6 nitrogen and oxygen atoms in total. The fourth-order valence-corrected chi connectivity index (χ4v) is 5.55. The molecule has 2 aliphatic rings. The number of rotatable bonds is 7. The van der Waals surface area contributed by atoms with Gasteiger partial charge in [-0.1, -0.05) is 77.8 Å². The first-order valence-corrected chi connectivity index (χ1v) is 13.1. The van der Waals surface area contributed by atoms with Gasteiger partial charge in [0.15, 0.2) is 23.1 Å². The van der Waals surface area contributed by atoms with Crippen molar-refractivity contribution in [3.05, 3.63) is 127 Å². The van der Waals surface area contributed by atoms with Crippen LogP contribution >= 0.6 is 23.2 Å². The van der Waals surface area contributed by atoms with Crippen LogP contribution in [-0.4, -0.2) is 36.3 Å². The maximum absolute atomic E-state index is 14.2. The first-order valence-electron chi connectivity index (χ1n) is 12.4. The van der Waals surface area contributed by atoms with Crippen molar-refractivity contribution in [3.63, 3.8) is 0 Å². The summed E-state index contributed by atoms with van der Waals surface area (Å²) in [5.74, 6) is -3.75. The summed E-state index contributed by atoms with van der Waals surface area (Å²) in [4.78, 5) is 55.7. The van der Waals surface area contributed by atoms with Gasteiger partial charge in [0.05, 0.1) is 30.3 Å². The quantitative estimate of drug-likeness (QED) is 0.315. The van der Waals surface area contributed by atoms with E-state index in [4.69, 9.17) is 32.7 Å². The molecule has 0 saturated heterocycles. The Hall–Kier alpha value is -4.00. The van der Waals surface area contributed by atoms with Gasteiger partial charge in [0.2, 0.25) is 11.6 Å². The number of ether oxygens (including phenoxy) is 2. The van der Waals surface area contributed by atoms with Gasteiger partial charge in [-0.25, -0.2) is 0 Å². The van der Waals surface area contributed by atoms with Crippen LogP contribution < -0.4 is 0 Å². The minimum atomic E-state index is -1.27. The first-order chi connectivity index (χ1) is 18.8. The summed E-state index contributed by atoms with van der Waals surface area (Å²) in [5.41, 5.74) is 0.780. The molecule has 0 heterocycles. The fourth-order valence-electron chi connectivity index (χ4n) is 5.03. The van der Waals surface area contributed by atoms with E-state index in [-0.39, 0.29) is 63.2 Å². The third kappa shape index (κ3) is 4.40. The molecule has 0 aromatic heterocycles. The van der Waals surface area contributed by atoms with Crippen molar-refractivity contribution >= 4 is 46.3 Å². The molecule has 2 aliphatic carbocycles. The van der Waals surface area contributed by atoms with Gasteiger partial charge in [0, 0.05) is 32.3 Å². The van der Waals surface area contributed by atoms with E-state index in [0.717, 1.165) is 0 Å². The summed E-state index contributed by atoms with van der Waals surface area (Å²) in [6.07, 6.45) is 0. The molecule has 0 fully saturated rings. The number of hydrogen-bond donors (Lipinski definition) is 0. The highest BCUT2D eigenvalue weighted by Crippen LogP contribution is 2.46. The van der Waals surface area contributed by atoms with E-state index in [0.29, 0.717) is 10.6 Å². The lowest BCUT2D eigenvalue weighted by Gasteiger charge is -2.31. The van der Waals surface area contributed by atoms with Gasteiger partial charge in [-0.15, -0.1) is 0 Å². The van der Waals surface area contributed by atoms with E-state index in [1.807, 2.05) is 0 Å². The monoisotopic (exact) mass is 560 g/mol. The average Bonchev–Trinajstić information content (AvgIpc) is 2.93. The molecule has 39 heavy (non-hydrogen) atoms. The van der Waals surface area contributed by atoms with Crippen molar-refractivity contribution in [2.24, 2.45) is 0 Å². The van der Waals surface area contributed by atoms with Crippen LogP contribution in [-0.2, 0) is 9.47 Å². The predicted octanol–water partition coefficient (Wildman–Crippen LogP) is 6.82. The van der Waals surface area contributed by atoms with Gasteiger partial charge < -0.3 is 9.47 Å². The second-order valence-corrected chi connectivity index (χ2v) is 9.70. The molecule has 0 bridgehead atoms. The van der Waals surface area contributed by atoms with Crippen LogP contribution in [0.15, 0.2) is 89.4 Å². The Labute approximate surface area is 234 Å². The number of carbonyl (C=O) groups is 4. The second-order valence-electron chi connectivity index (χ2n) is 8.86. The molecule has 0 amide bonds. The molecule has 3 aromatic rings. The SMILES string of the molecule is CCOC1=C(C(C2=C(OCC)C(=O)c3ccccc3C2=O)c2ccc(Cl)cc2Cl)C(=O)c2ccccc2C1=O. The Bertz CT molecular complexity index is 1540. The normalized spacial score (nSPS) is 15.1. The van der Waals surface area contributed by atoms with Crippen molar-refractivity contribution in [1.29, 1.82) is 0 Å². The van der Waals surface area contributed by atoms with Gasteiger partial charge >= 0.3 is 0 Å². The van der Waals surface area contributed by atoms with Gasteiger partial charge in [0.1, 0.15) is 0 Å². The maximum Gasteiger partial charge on any atom is 0.228 e. The van der Waals surface area contributed by atoms with E-state index in [2.05, 4.69) is 0 Å². The van der Waals surface area contributed by atoms with E-state index in [1.165, 1.54) is 6.07 Å². The Morgan fingerprint density at radius 2 is 1.03 bits per heavy atom. The molecule has 196 valence electrons. The summed E-state index contributed by atoms with van der Waals surface area (Å²) in [7, 11) is 0. The number of allylic oxidation sites excluding steroid dienone is 4. The van der Waals surface area contributed by atoms with Crippen molar-refractivity contribution in [2.75, 3.05) is 13.2 Å². The van der Waals surface area contributed by atoms with Crippen molar-refractivity contribution in [1.82, 2.24) is 0 Å². The van der Waals surface area contributed by atoms with Crippen molar-refractivity contribution in [3.8, 4) is 0 Å². The molecule has 0 saturated carbocycles. The van der Waals surface area contributed by atoms with Crippen LogP contribution in [0.4, 0.5) is 0 Å². The van der Waals surface area contributed by atoms with E-state index in [9.17, 15) is 19.2 Å². The van der Waals surface area contributed by atoms with E-state index >= 15 is 0 Å². The molecule has 0 radical (unpaired) electrons. The van der Waals surface area contributed by atoms with Crippen molar-refractivity contribution < 1.29 is 28.7 Å². The van der Waals surface area contributed by atoms with Crippen LogP contribution in [0, 0.1) is 0 Å². The second kappa shape index (κ2) is 10.6.